The van der Waals surface area contributed by atoms with Gasteiger partial charge in [0.25, 0.3) is 17.7 Å². The molecule has 224 valence electrons. The first-order valence-corrected chi connectivity index (χ1v) is 14.2. The summed E-state index contributed by atoms with van der Waals surface area (Å²) in [7, 11) is 0. The highest BCUT2D eigenvalue weighted by Crippen LogP contribution is 2.36. The van der Waals surface area contributed by atoms with E-state index in [0.29, 0.717) is 30.4 Å². The van der Waals surface area contributed by atoms with Gasteiger partial charge in [0, 0.05) is 11.8 Å². The Kier molecular flexibility index (Phi) is 10.3. The Morgan fingerprint density at radius 2 is 1.67 bits per heavy atom. The molecule has 0 unspecified atom stereocenters. The summed E-state index contributed by atoms with van der Waals surface area (Å²) in [5.41, 5.74) is 1.67. The average molecular weight is 626 g/mol. The molecule has 3 aromatic rings. The lowest BCUT2D eigenvalue weighted by molar-refractivity contribution is -0.122. The van der Waals surface area contributed by atoms with Gasteiger partial charge in [0.1, 0.15) is 5.57 Å². The van der Waals surface area contributed by atoms with Crippen molar-refractivity contribution in [3.05, 3.63) is 81.3 Å². The first kappa shape index (κ1) is 31.4. The van der Waals surface area contributed by atoms with Crippen LogP contribution >= 0.6 is 23.2 Å². The highest BCUT2D eigenvalue weighted by molar-refractivity contribution is 6.40. The van der Waals surface area contributed by atoms with E-state index < -0.39 is 23.8 Å². The number of carbonyl (C=O) groups excluding carboxylic acids is 4. The van der Waals surface area contributed by atoms with Crippen molar-refractivity contribution < 1.29 is 33.4 Å². The van der Waals surface area contributed by atoms with E-state index in [2.05, 4.69) is 10.6 Å². The van der Waals surface area contributed by atoms with Crippen LogP contribution in [0.5, 0.6) is 17.2 Å². The number of nitrogens with zero attached hydrogens (tertiary/aromatic N) is 1. The van der Waals surface area contributed by atoms with Crippen LogP contribution < -0.4 is 29.7 Å². The fourth-order valence-corrected chi connectivity index (χ4v) is 4.74. The number of benzene rings is 3. The van der Waals surface area contributed by atoms with Crippen LogP contribution in [0.2, 0.25) is 10.0 Å². The summed E-state index contributed by atoms with van der Waals surface area (Å²) in [5.74, 6) is -1.31. The number of hydrogen-bond acceptors (Lipinski definition) is 7. The lowest BCUT2D eigenvalue weighted by Gasteiger charge is -2.27. The third-order valence-corrected chi connectivity index (χ3v) is 6.71. The molecule has 1 aliphatic heterocycles. The summed E-state index contributed by atoms with van der Waals surface area (Å²) in [4.78, 5) is 52.1. The van der Waals surface area contributed by atoms with Crippen LogP contribution in [0.25, 0.3) is 6.08 Å². The number of imide groups is 2. The smallest absolute Gasteiger partial charge is 0.335 e. The van der Waals surface area contributed by atoms with Crippen molar-refractivity contribution in [2.24, 2.45) is 0 Å². The molecule has 10 nitrogen and oxygen atoms in total. The number of barbiturate groups is 1. The molecule has 0 spiro atoms. The zero-order valence-electron chi connectivity index (χ0n) is 23.7. The fraction of sp³-hybridized carbons (Fsp3) is 0.226. The molecule has 1 heterocycles. The molecule has 0 aromatic heterocycles. The molecule has 4 rings (SSSR count). The van der Waals surface area contributed by atoms with Crippen LogP contribution in [0.4, 0.5) is 16.2 Å². The standard InChI is InChI=1S/C31H29Cl2N3O7/c1-4-12-42-25-11-10-20(16-26(25)41-5-2)36-30(39)21(29(38)35-31(36)40)13-19-14-22(32)28(23(33)15-19)43-17-27(37)34-24-9-7-6-8-18(24)3/h6-11,13-16H,4-5,12,17H2,1-3H3,(H,34,37)(H,35,38,40)/b21-13+. The van der Waals surface area contributed by atoms with Gasteiger partial charge in [-0.25, -0.2) is 9.69 Å². The lowest BCUT2D eigenvalue weighted by atomic mass is 10.1. The molecule has 1 saturated heterocycles. The molecule has 5 amide bonds. The van der Waals surface area contributed by atoms with Gasteiger partial charge in [0.15, 0.2) is 23.9 Å². The Bertz CT molecular complexity index is 1580. The summed E-state index contributed by atoms with van der Waals surface area (Å²) in [6.07, 6.45) is 2.03. The van der Waals surface area contributed by atoms with Crippen LogP contribution in [0, 0.1) is 6.92 Å². The number of para-hydroxylation sites is 1. The SMILES string of the molecule is CCCOc1ccc(N2C(=O)NC(=O)/C(=C\c3cc(Cl)c(OCC(=O)Nc4ccccc4C)c(Cl)c3)C2=O)cc1OCC. The maximum Gasteiger partial charge on any atom is 0.335 e. The van der Waals surface area contributed by atoms with Crippen molar-refractivity contribution in [1.82, 2.24) is 5.32 Å². The monoisotopic (exact) mass is 625 g/mol. The van der Waals surface area contributed by atoms with Crippen molar-refractivity contribution in [3.63, 3.8) is 0 Å². The second-order valence-corrected chi connectivity index (χ2v) is 10.2. The highest BCUT2D eigenvalue weighted by atomic mass is 35.5. The number of ether oxygens (including phenoxy) is 3. The number of rotatable bonds is 11. The Hall–Kier alpha value is -4.54. The second-order valence-electron chi connectivity index (χ2n) is 9.34. The van der Waals surface area contributed by atoms with E-state index in [1.807, 2.05) is 26.0 Å². The summed E-state index contributed by atoms with van der Waals surface area (Å²) in [5, 5.41) is 5.02. The van der Waals surface area contributed by atoms with E-state index in [-0.39, 0.29) is 39.2 Å². The van der Waals surface area contributed by atoms with Gasteiger partial charge in [-0.15, -0.1) is 0 Å². The van der Waals surface area contributed by atoms with Crippen LogP contribution in [0.15, 0.2) is 60.2 Å². The quantitative estimate of drug-likeness (QED) is 0.193. The molecular weight excluding hydrogens is 597 g/mol. The van der Waals surface area contributed by atoms with Gasteiger partial charge < -0.3 is 19.5 Å². The number of amides is 5. The molecule has 0 aliphatic carbocycles. The van der Waals surface area contributed by atoms with Gasteiger partial charge in [-0.1, -0.05) is 48.3 Å². The van der Waals surface area contributed by atoms with Crippen molar-refractivity contribution in [3.8, 4) is 17.2 Å². The molecule has 0 atom stereocenters. The van der Waals surface area contributed by atoms with Crippen LogP contribution in [-0.4, -0.2) is 43.6 Å². The Labute approximate surface area is 258 Å². The van der Waals surface area contributed by atoms with Crippen LogP contribution in [-0.2, 0) is 14.4 Å². The lowest BCUT2D eigenvalue weighted by Crippen LogP contribution is -2.54. The Morgan fingerprint density at radius 1 is 0.953 bits per heavy atom. The van der Waals surface area contributed by atoms with Crippen molar-refractivity contribution in [2.45, 2.75) is 27.2 Å². The Balaban J connectivity index is 1.55. The minimum Gasteiger partial charge on any atom is -0.490 e. The highest BCUT2D eigenvalue weighted by Gasteiger charge is 2.37. The first-order valence-electron chi connectivity index (χ1n) is 13.4. The number of hydrogen-bond donors (Lipinski definition) is 2. The summed E-state index contributed by atoms with van der Waals surface area (Å²) < 4.78 is 16.9. The maximum absolute atomic E-state index is 13.4. The van der Waals surface area contributed by atoms with E-state index in [1.54, 1.807) is 25.1 Å². The zero-order chi connectivity index (χ0) is 31.1. The van der Waals surface area contributed by atoms with E-state index in [0.717, 1.165) is 16.9 Å². The summed E-state index contributed by atoms with van der Waals surface area (Å²) in [6, 6.07) is 13.8. The Morgan fingerprint density at radius 3 is 2.35 bits per heavy atom. The molecule has 12 heteroatoms. The van der Waals surface area contributed by atoms with Crippen LogP contribution in [0.3, 0.4) is 0 Å². The van der Waals surface area contributed by atoms with Crippen LogP contribution in [0.1, 0.15) is 31.4 Å². The van der Waals surface area contributed by atoms with Crippen molar-refractivity contribution >= 4 is 64.4 Å². The molecule has 1 fully saturated rings. The first-order chi connectivity index (χ1) is 20.6. The number of nitrogens with one attached hydrogen (secondary N) is 2. The largest absolute Gasteiger partial charge is 0.490 e. The number of aryl methyl sites for hydroxylation is 1. The number of carbonyl (C=O) groups is 4. The van der Waals surface area contributed by atoms with E-state index >= 15 is 0 Å². The third kappa shape index (κ3) is 7.46. The fourth-order valence-electron chi connectivity index (χ4n) is 4.13. The normalized spacial score (nSPS) is 14.0. The molecule has 2 N–H and O–H groups in total. The zero-order valence-corrected chi connectivity index (χ0v) is 25.2. The average Bonchev–Trinajstić information content (AvgIpc) is 2.95. The van der Waals surface area contributed by atoms with Gasteiger partial charge in [0.05, 0.1) is 28.9 Å². The van der Waals surface area contributed by atoms with Gasteiger partial charge in [-0.05, 0) is 67.8 Å². The minimum atomic E-state index is -0.916. The summed E-state index contributed by atoms with van der Waals surface area (Å²) in [6.45, 7) is 6.04. The second kappa shape index (κ2) is 14.1. The van der Waals surface area contributed by atoms with Gasteiger partial charge in [-0.3, -0.25) is 19.7 Å². The molecule has 0 radical (unpaired) electrons. The third-order valence-electron chi connectivity index (χ3n) is 6.15. The number of anilines is 2. The van der Waals surface area contributed by atoms with Crippen molar-refractivity contribution in [2.75, 3.05) is 30.0 Å². The predicted octanol–water partition coefficient (Wildman–Crippen LogP) is 6.17. The van der Waals surface area contributed by atoms with Gasteiger partial charge in [0.2, 0.25) is 0 Å². The van der Waals surface area contributed by atoms with E-state index in [9.17, 15) is 19.2 Å². The topological polar surface area (TPSA) is 123 Å². The predicted molar refractivity (Wildman–Crippen MR) is 164 cm³/mol. The van der Waals surface area contributed by atoms with Gasteiger partial charge in [-0.2, -0.15) is 0 Å². The van der Waals surface area contributed by atoms with E-state index in [1.165, 1.54) is 30.3 Å². The molecule has 0 saturated carbocycles. The molecule has 43 heavy (non-hydrogen) atoms. The minimum absolute atomic E-state index is 0.0451. The molecule has 1 aliphatic rings. The number of halogens is 2. The molecule has 3 aromatic carbocycles. The number of urea groups is 1. The molecular formula is C31H29Cl2N3O7. The van der Waals surface area contributed by atoms with Gasteiger partial charge >= 0.3 is 6.03 Å². The molecule has 0 bridgehead atoms. The van der Waals surface area contributed by atoms with Crippen molar-refractivity contribution in [1.29, 1.82) is 0 Å². The summed E-state index contributed by atoms with van der Waals surface area (Å²) >= 11 is 12.8. The van der Waals surface area contributed by atoms with E-state index in [4.69, 9.17) is 37.4 Å². The maximum atomic E-state index is 13.4.